The normalized spacial score (nSPS) is 19.4. The van der Waals surface area contributed by atoms with Crippen molar-refractivity contribution in [2.24, 2.45) is 5.73 Å². The molecule has 0 bridgehead atoms. The van der Waals surface area contributed by atoms with Gasteiger partial charge in [0.15, 0.2) is 0 Å². The van der Waals surface area contributed by atoms with Gasteiger partial charge in [0.05, 0.1) is 6.54 Å². The Morgan fingerprint density at radius 3 is 2.14 bits per heavy atom. The molecule has 2 aromatic carbocycles. The molecule has 4 nitrogen and oxygen atoms in total. The Morgan fingerprint density at radius 2 is 1.59 bits per heavy atom. The van der Waals surface area contributed by atoms with Gasteiger partial charge < -0.3 is 11.1 Å². The molecule has 5 heteroatoms. The number of hydrogen-bond acceptors (Lipinski definition) is 3. The Labute approximate surface area is 181 Å². The van der Waals surface area contributed by atoms with Crippen LogP contribution in [0.25, 0.3) is 0 Å². The van der Waals surface area contributed by atoms with E-state index in [1.165, 1.54) is 16.7 Å². The van der Waals surface area contributed by atoms with Gasteiger partial charge in [0, 0.05) is 30.7 Å². The lowest BCUT2D eigenvalue weighted by molar-refractivity contribution is -0.117. The van der Waals surface area contributed by atoms with Crippen LogP contribution in [0.4, 0.5) is 5.69 Å². The lowest BCUT2D eigenvalue weighted by Crippen LogP contribution is -2.34. The summed E-state index contributed by atoms with van der Waals surface area (Å²) in [6.45, 7) is 10.6. The number of para-hydroxylation sites is 1. The molecule has 1 amide bonds. The first-order chi connectivity index (χ1) is 13.4. The summed E-state index contributed by atoms with van der Waals surface area (Å²) in [5, 5.41) is 3.22. The van der Waals surface area contributed by atoms with Crippen LogP contribution < -0.4 is 11.1 Å². The first-order valence-corrected chi connectivity index (χ1v) is 10.3. The minimum Gasteiger partial charge on any atom is -0.326 e. The summed E-state index contributed by atoms with van der Waals surface area (Å²) in [7, 11) is 0. The molecule has 2 atom stereocenters. The van der Waals surface area contributed by atoms with Gasteiger partial charge in [-0.15, -0.1) is 12.4 Å². The molecule has 0 unspecified atom stereocenters. The molecule has 1 aliphatic rings. The zero-order chi connectivity index (χ0) is 20.3. The molecule has 158 valence electrons. The van der Waals surface area contributed by atoms with Gasteiger partial charge in [-0.05, 0) is 28.5 Å². The highest BCUT2D eigenvalue weighted by molar-refractivity contribution is 5.94. The molecule has 1 heterocycles. The number of nitrogens with one attached hydrogen (secondary N) is 1. The van der Waals surface area contributed by atoms with Crippen LogP contribution in [0.3, 0.4) is 0 Å². The average Bonchev–Trinajstić information content (AvgIpc) is 3.02. The van der Waals surface area contributed by atoms with Crippen molar-refractivity contribution in [2.75, 3.05) is 25.0 Å². The van der Waals surface area contributed by atoms with Crippen molar-refractivity contribution < 1.29 is 4.79 Å². The number of carbonyl (C=O) groups is 1. The van der Waals surface area contributed by atoms with E-state index in [9.17, 15) is 4.79 Å². The molecule has 29 heavy (non-hydrogen) atoms. The third-order valence-corrected chi connectivity index (χ3v) is 5.67. The summed E-state index contributed by atoms with van der Waals surface area (Å²) in [5.41, 5.74) is 11.0. The maximum Gasteiger partial charge on any atom is 0.238 e. The fourth-order valence-electron chi connectivity index (χ4n) is 4.17. The second kappa shape index (κ2) is 10.2. The number of rotatable bonds is 6. The van der Waals surface area contributed by atoms with Crippen LogP contribution in [0.1, 0.15) is 62.1 Å². The minimum absolute atomic E-state index is 0. The fraction of sp³-hybridized carbons (Fsp3) is 0.458. The van der Waals surface area contributed by atoms with Crippen molar-refractivity contribution in [1.82, 2.24) is 4.90 Å². The molecular formula is C24H34ClN3O. The lowest BCUT2D eigenvalue weighted by Gasteiger charge is -2.22. The van der Waals surface area contributed by atoms with Gasteiger partial charge in [-0.3, -0.25) is 9.69 Å². The van der Waals surface area contributed by atoms with Gasteiger partial charge in [0.2, 0.25) is 5.91 Å². The van der Waals surface area contributed by atoms with E-state index in [2.05, 4.69) is 68.2 Å². The molecule has 0 radical (unpaired) electrons. The maximum atomic E-state index is 12.9. The summed E-state index contributed by atoms with van der Waals surface area (Å²) < 4.78 is 0. The van der Waals surface area contributed by atoms with Gasteiger partial charge in [-0.1, -0.05) is 76.2 Å². The number of nitrogens with zero attached hydrogens (tertiary/aromatic N) is 1. The zero-order valence-electron chi connectivity index (χ0n) is 17.9. The first kappa shape index (κ1) is 23.4. The van der Waals surface area contributed by atoms with Gasteiger partial charge in [0.25, 0.3) is 0 Å². The first-order valence-electron chi connectivity index (χ1n) is 10.3. The second-order valence-corrected chi connectivity index (χ2v) is 8.54. The highest BCUT2D eigenvalue weighted by Gasteiger charge is 2.32. The molecule has 1 fully saturated rings. The third-order valence-electron chi connectivity index (χ3n) is 5.67. The summed E-state index contributed by atoms with van der Waals surface area (Å²) in [6, 6.07) is 16.7. The SMILES string of the molecule is CC(C)c1cccc(C(C)C)c1NC(=O)CN1C[C@@H](N)[C@H](c2ccccc2)C1.Cl. The predicted octanol–water partition coefficient (Wildman–Crippen LogP) is 4.72. The third kappa shape index (κ3) is 5.59. The van der Waals surface area contributed by atoms with Gasteiger partial charge >= 0.3 is 0 Å². The molecular weight excluding hydrogens is 382 g/mol. The van der Waals surface area contributed by atoms with Crippen LogP contribution >= 0.6 is 12.4 Å². The number of amides is 1. The topological polar surface area (TPSA) is 58.4 Å². The number of likely N-dealkylation sites (tertiary alicyclic amines) is 1. The number of anilines is 1. The van der Waals surface area contributed by atoms with Crippen LogP contribution in [-0.4, -0.2) is 36.5 Å². The van der Waals surface area contributed by atoms with Gasteiger partial charge in [0.1, 0.15) is 0 Å². The molecule has 1 saturated heterocycles. The quantitative estimate of drug-likeness (QED) is 0.717. The fourth-order valence-corrected chi connectivity index (χ4v) is 4.17. The largest absolute Gasteiger partial charge is 0.326 e. The second-order valence-electron chi connectivity index (χ2n) is 8.54. The van der Waals surface area contributed by atoms with Crippen molar-refractivity contribution >= 4 is 24.0 Å². The lowest BCUT2D eigenvalue weighted by atomic mass is 9.92. The monoisotopic (exact) mass is 415 g/mol. The van der Waals surface area contributed by atoms with E-state index in [0.717, 1.165) is 18.8 Å². The Bertz CT molecular complexity index is 781. The van der Waals surface area contributed by atoms with Crippen LogP contribution in [0.2, 0.25) is 0 Å². The standard InChI is InChI=1S/C24H33N3O.ClH/c1-16(2)19-11-8-12-20(17(3)4)24(19)26-23(28)15-27-13-21(22(25)14-27)18-9-6-5-7-10-18;/h5-12,16-17,21-22H,13-15,25H2,1-4H3,(H,26,28);1H/t21-,22+;/m0./s1. The zero-order valence-corrected chi connectivity index (χ0v) is 18.7. The number of nitrogens with two attached hydrogens (primary N) is 1. The van der Waals surface area contributed by atoms with Crippen molar-refractivity contribution in [3.8, 4) is 0 Å². The summed E-state index contributed by atoms with van der Waals surface area (Å²) in [6.07, 6.45) is 0. The number of carbonyl (C=O) groups excluding carboxylic acids is 1. The highest BCUT2D eigenvalue weighted by atomic mass is 35.5. The van der Waals surface area contributed by atoms with E-state index in [1.807, 2.05) is 18.2 Å². The van der Waals surface area contributed by atoms with Crippen LogP contribution in [-0.2, 0) is 4.79 Å². The number of benzene rings is 2. The van der Waals surface area contributed by atoms with Crippen molar-refractivity contribution in [3.63, 3.8) is 0 Å². The van der Waals surface area contributed by atoms with Crippen molar-refractivity contribution in [3.05, 3.63) is 65.2 Å². The molecule has 0 aromatic heterocycles. The summed E-state index contributed by atoms with van der Waals surface area (Å²) in [4.78, 5) is 15.0. The average molecular weight is 416 g/mol. The Morgan fingerprint density at radius 1 is 1.00 bits per heavy atom. The van der Waals surface area contributed by atoms with Crippen LogP contribution in [0.15, 0.2) is 48.5 Å². The van der Waals surface area contributed by atoms with Crippen LogP contribution in [0.5, 0.6) is 0 Å². The number of hydrogen-bond donors (Lipinski definition) is 2. The molecule has 0 aliphatic carbocycles. The van der Waals surface area contributed by atoms with E-state index in [0.29, 0.717) is 18.4 Å². The van der Waals surface area contributed by atoms with E-state index in [-0.39, 0.29) is 30.3 Å². The van der Waals surface area contributed by atoms with E-state index in [4.69, 9.17) is 5.73 Å². The van der Waals surface area contributed by atoms with Gasteiger partial charge in [-0.2, -0.15) is 0 Å². The Balaban J connectivity index is 0.00000300. The summed E-state index contributed by atoms with van der Waals surface area (Å²) in [5.74, 6) is 1.03. The maximum absolute atomic E-state index is 12.9. The number of halogens is 1. The highest BCUT2D eigenvalue weighted by Crippen LogP contribution is 2.32. The summed E-state index contributed by atoms with van der Waals surface area (Å²) >= 11 is 0. The Kier molecular flexibility index (Phi) is 8.26. The molecule has 3 N–H and O–H groups in total. The molecule has 0 saturated carbocycles. The van der Waals surface area contributed by atoms with E-state index >= 15 is 0 Å². The van der Waals surface area contributed by atoms with Crippen LogP contribution in [0, 0.1) is 0 Å². The smallest absolute Gasteiger partial charge is 0.238 e. The van der Waals surface area contributed by atoms with Gasteiger partial charge in [-0.25, -0.2) is 0 Å². The van der Waals surface area contributed by atoms with Crippen molar-refractivity contribution in [2.45, 2.75) is 51.5 Å². The molecule has 0 spiro atoms. The van der Waals surface area contributed by atoms with E-state index < -0.39 is 0 Å². The minimum atomic E-state index is 0. The molecule has 2 aromatic rings. The van der Waals surface area contributed by atoms with E-state index in [1.54, 1.807) is 0 Å². The molecule has 3 rings (SSSR count). The Hall–Kier alpha value is -1.88. The van der Waals surface area contributed by atoms with Crippen molar-refractivity contribution in [1.29, 1.82) is 0 Å². The predicted molar refractivity (Wildman–Crippen MR) is 124 cm³/mol. The molecule has 1 aliphatic heterocycles.